The summed E-state index contributed by atoms with van der Waals surface area (Å²) in [5.74, 6) is 1.98. The van der Waals surface area contributed by atoms with Crippen molar-refractivity contribution >= 4 is 5.91 Å². The minimum absolute atomic E-state index is 0.375. The Bertz CT molecular complexity index is 487. The molecule has 1 saturated carbocycles. The largest absolute Gasteiger partial charge is 0.339 e. The first kappa shape index (κ1) is 15.5. The lowest BCUT2D eigenvalue weighted by Gasteiger charge is -2.45. The van der Waals surface area contributed by atoms with E-state index in [1.54, 1.807) is 0 Å². The second-order valence-corrected chi connectivity index (χ2v) is 7.15. The van der Waals surface area contributed by atoms with Gasteiger partial charge in [-0.3, -0.25) is 9.78 Å². The van der Waals surface area contributed by atoms with Crippen LogP contribution >= 0.6 is 0 Å². The van der Waals surface area contributed by atoms with Gasteiger partial charge in [-0.2, -0.15) is 0 Å². The van der Waals surface area contributed by atoms with Crippen molar-refractivity contribution < 1.29 is 4.79 Å². The molecule has 1 aromatic heterocycles. The van der Waals surface area contributed by atoms with Crippen LogP contribution in [0.25, 0.3) is 0 Å². The molecule has 1 aromatic rings. The molecule has 120 valence electrons. The second-order valence-electron chi connectivity index (χ2n) is 7.15. The summed E-state index contributed by atoms with van der Waals surface area (Å²) in [6.07, 6.45) is 10.7. The molecule has 0 aromatic carbocycles. The SMILES string of the molecule is C[C@@H]1CC[C@@H]2[C@@H](CCCN2C(=O)CCCc2ccccn2)C1. The number of rotatable bonds is 4. The molecule has 2 fully saturated rings. The van der Waals surface area contributed by atoms with Gasteiger partial charge < -0.3 is 4.90 Å². The molecule has 0 spiro atoms. The minimum atomic E-state index is 0.375. The van der Waals surface area contributed by atoms with Gasteiger partial charge in [-0.15, -0.1) is 0 Å². The van der Waals surface area contributed by atoms with Crippen LogP contribution in [0.2, 0.25) is 0 Å². The van der Waals surface area contributed by atoms with Crippen LogP contribution in [-0.4, -0.2) is 28.4 Å². The molecule has 1 saturated heterocycles. The zero-order valence-corrected chi connectivity index (χ0v) is 13.7. The predicted molar refractivity (Wildman–Crippen MR) is 88.4 cm³/mol. The van der Waals surface area contributed by atoms with Crippen molar-refractivity contribution in [1.82, 2.24) is 9.88 Å². The average molecular weight is 300 g/mol. The fourth-order valence-corrected chi connectivity index (χ4v) is 4.31. The van der Waals surface area contributed by atoms with Crippen LogP contribution in [0, 0.1) is 11.8 Å². The lowest BCUT2D eigenvalue weighted by atomic mass is 9.74. The molecule has 3 rings (SSSR count). The molecule has 2 aliphatic rings. The number of amides is 1. The Kier molecular flexibility index (Phi) is 5.12. The molecule has 0 bridgehead atoms. The van der Waals surface area contributed by atoms with E-state index in [0.717, 1.165) is 36.9 Å². The van der Waals surface area contributed by atoms with Gasteiger partial charge in [0.05, 0.1) is 0 Å². The number of fused-ring (bicyclic) bond motifs is 1. The molecule has 3 nitrogen and oxygen atoms in total. The van der Waals surface area contributed by atoms with Crippen molar-refractivity contribution in [3.05, 3.63) is 30.1 Å². The summed E-state index contributed by atoms with van der Waals surface area (Å²) >= 11 is 0. The molecule has 0 unspecified atom stereocenters. The highest BCUT2D eigenvalue weighted by atomic mass is 16.2. The molecule has 22 heavy (non-hydrogen) atoms. The number of aromatic nitrogens is 1. The van der Waals surface area contributed by atoms with Crippen LogP contribution in [0.15, 0.2) is 24.4 Å². The Balaban J connectivity index is 1.51. The van der Waals surface area contributed by atoms with E-state index in [1.807, 2.05) is 24.4 Å². The number of carbonyl (C=O) groups excluding carboxylic acids is 1. The smallest absolute Gasteiger partial charge is 0.222 e. The van der Waals surface area contributed by atoms with Crippen molar-refractivity contribution in [2.45, 2.75) is 64.3 Å². The van der Waals surface area contributed by atoms with Crippen LogP contribution in [0.5, 0.6) is 0 Å². The zero-order chi connectivity index (χ0) is 15.4. The number of piperidine rings is 1. The van der Waals surface area contributed by atoms with Gasteiger partial charge in [-0.25, -0.2) is 0 Å². The van der Waals surface area contributed by atoms with Gasteiger partial charge in [0.25, 0.3) is 0 Å². The number of pyridine rings is 1. The third-order valence-corrected chi connectivity index (χ3v) is 5.45. The number of likely N-dealkylation sites (tertiary alicyclic amines) is 1. The maximum Gasteiger partial charge on any atom is 0.222 e. The van der Waals surface area contributed by atoms with E-state index in [-0.39, 0.29) is 0 Å². The van der Waals surface area contributed by atoms with E-state index in [9.17, 15) is 4.79 Å². The fraction of sp³-hybridized carbons (Fsp3) is 0.684. The molecule has 0 N–H and O–H groups in total. The van der Waals surface area contributed by atoms with Crippen LogP contribution in [0.1, 0.15) is 57.6 Å². The normalized spacial score (nSPS) is 28.2. The number of nitrogens with zero attached hydrogens (tertiary/aromatic N) is 2. The maximum atomic E-state index is 12.6. The first-order valence-electron chi connectivity index (χ1n) is 8.93. The number of hydrogen-bond acceptors (Lipinski definition) is 2. The van der Waals surface area contributed by atoms with Crippen molar-refractivity contribution in [2.75, 3.05) is 6.54 Å². The summed E-state index contributed by atoms with van der Waals surface area (Å²) < 4.78 is 0. The van der Waals surface area contributed by atoms with E-state index >= 15 is 0 Å². The summed E-state index contributed by atoms with van der Waals surface area (Å²) in [6, 6.07) is 6.53. The lowest BCUT2D eigenvalue weighted by molar-refractivity contribution is -0.138. The van der Waals surface area contributed by atoms with Crippen molar-refractivity contribution in [3.63, 3.8) is 0 Å². The Hall–Kier alpha value is -1.38. The highest BCUT2D eigenvalue weighted by molar-refractivity contribution is 5.76. The van der Waals surface area contributed by atoms with Gasteiger partial charge in [-0.05, 0) is 68.9 Å². The van der Waals surface area contributed by atoms with Gasteiger partial charge in [0.15, 0.2) is 0 Å². The molecule has 3 heteroatoms. The van der Waals surface area contributed by atoms with Crippen LogP contribution in [-0.2, 0) is 11.2 Å². The Labute approximate surface area is 134 Å². The predicted octanol–water partition coefficient (Wildman–Crippen LogP) is 3.83. The maximum absolute atomic E-state index is 12.6. The topological polar surface area (TPSA) is 33.2 Å². The Morgan fingerprint density at radius 1 is 1.32 bits per heavy atom. The van der Waals surface area contributed by atoms with Gasteiger partial charge in [0, 0.05) is 30.9 Å². The van der Waals surface area contributed by atoms with E-state index in [0.29, 0.717) is 18.4 Å². The van der Waals surface area contributed by atoms with Gasteiger partial charge in [0.2, 0.25) is 5.91 Å². The highest BCUT2D eigenvalue weighted by Gasteiger charge is 2.37. The molecule has 3 atom stereocenters. The third kappa shape index (κ3) is 3.68. The van der Waals surface area contributed by atoms with Gasteiger partial charge >= 0.3 is 0 Å². The van der Waals surface area contributed by atoms with Crippen LogP contribution in [0.3, 0.4) is 0 Å². The summed E-state index contributed by atoms with van der Waals surface area (Å²) in [6.45, 7) is 3.35. The Morgan fingerprint density at radius 3 is 3.05 bits per heavy atom. The summed E-state index contributed by atoms with van der Waals surface area (Å²) in [4.78, 5) is 19.2. The quantitative estimate of drug-likeness (QED) is 0.846. The first-order chi connectivity index (χ1) is 10.7. The summed E-state index contributed by atoms with van der Waals surface area (Å²) in [5.41, 5.74) is 1.10. The van der Waals surface area contributed by atoms with Gasteiger partial charge in [-0.1, -0.05) is 13.0 Å². The van der Waals surface area contributed by atoms with Gasteiger partial charge in [0.1, 0.15) is 0 Å². The Morgan fingerprint density at radius 2 is 2.23 bits per heavy atom. The second kappa shape index (κ2) is 7.26. The third-order valence-electron chi connectivity index (χ3n) is 5.45. The summed E-state index contributed by atoms with van der Waals surface area (Å²) in [5, 5.41) is 0. The molecule has 1 aliphatic heterocycles. The molecule has 0 radical (unpaired) electrons. The molecule has 2 heterocycles. The molecular formula is C19H28N2O. The summed E-state index contributed by atoms with van der Waals surface area (Å²) in [7, 11) is 0. The lowest BCUT2D eigenvalue weighted by Crippen LogP contribution is -2.50. The van der Waals surface area contributed by atoms with Crippen molar-refractivity contribution in [1.29, 1.82) is 0 Å². The number of aryl methyl sites for hydroxylation is 1. The van der Waals surface area contributed by atoms with Crippen LogP contribution in [0.4, 0.5) is 0 Å². The van der Waals surface area contributed by atoms with E-state index in [4.69, 9.17) is 0 Å². The van der Waals surface area contributed by atoms with Crippen LogP contribution < -0.4 is 0 Å². The average Bonchev–Trinajstić information content (AvgIpc) is 2.55. The highest BCUT2D eigenvalue weighted by Crippen LogP contribution is 2.38. The fourth-order valence-electron chi connectivity index (χ4n) is 4.31. The van der Waals surface area contributed by atoms with E-state index < -0.39 is 0 Å². The van der Waals surface area contributed by atoms with Crippen molar-refractivity contribution in [2.24, 2.45) is 11.8 Å². The number of hydrogen-bond donors (Lipinski definition) is 0. The molecular weight excluding hydrogens is 272 g/mol. The first-order valence-corrected chi connectivity index (χ1v) is 8.93. The molecule has 1 amide bonds. The van der Waals surface area contributed by atoms with Crippen molar-refractivity contribution in [3.8, 4) is 0 Å². The molecule has 1 aliphatic carbocycles. The number of carbonyl (C=O) groups is 1. The minimum Gasteiger partial charge on any atom is -0.339 e. The van der Waals surface area contributed by atoms with E-state index in [2.05, 4.69) is 16.8 Å². The monoisotopic (exact) mass is 300 g/mol. The zero-order valence-electron chi connectivity index (χ0n) is 13.7. The van der Waals surface area contributed by atoms with E-state index in [1.165, 1.54) is 32.1 Å². The standard InChI is InChI=1S/C19H28N2O/c1-15-10-11-18-16(14-15)6-5-13-21(18)19(22)9-4-8-17-7-2-3-12-20-17/h2-3,7,12,15-16,18H,4-6,8-11,13-14H2,1H3/t15-,16+,18-/m1/s1.